The van der Waals surface area contributed by atoms with Gasteiger partial charge in [-0.25, -0.2) is 0 Å². The Bertz CT molecular complexity index is 2820. The molecule has 8 aromatic carbocycles. The van der Waals surface area contributed by atoms with Crippen LogP contribution in [-0.2, 0) is 10.8 Å². The molecular weight excluding hydrogens is 687 g/mol. The minimum atomic E-state index is -0.548. The van der Waals surface area contributed by atoms with E-state index in [0.717, 1.165) is 28.2 Å². The second kappa shape index (κ2) is 13.4. The lowest BCUT2D eigenvalue weighted by molar-refractivity contribution is 0.660. The summed E-state index contributed by atoms with van der Waals surface area (Å²) in [6.45, 7) is 13.1. The first-order valence-electron chi connectivity index (χ1n) is 19.8. The van der Waals surface area contributed by atoms with Crippen molar-refractivity contribution in [3.05, 3.63) is 246 Å². The summed E-state index contributed by atoms with van der Waals surface area (Å²) in [5, 5.41) is 0. The largest absolute Gasteiger partial charge is 0.310 e. The van der Waals surface area contributed by atoms with Gasteiger partial charge in [0.15, 0.2) is 0 Å². The molecular formula is C56H43N. The molecule has 10 rings (SSSR count). The van der Waals surface area contributed by atoms with Gasteiger partial charge >= 0.3 is 0 Å². The zero-order valence-electron chi connectivity index (χ0n) is 32.4. The van der Waals surface area contributed by atoms with Crippen LogP contribution in [0.2, 0.25) is 0 Å². The van der Waals surface area contributed by atoms with E-state index >= 15 is 0 Å². The van der Waals surface area contributed by atoms with Gasteiger partial charge in [0.2, 0.25) is 0 Å². The summed E-state index contributed by atoms with van der Waals surface area (Å²) in [5.74, 6) is 0. The first-order chi connectivity index (χ1) is 27.9. The molecule has 0 aliphatic heterocycles. The van der Waals surface area contributed by atoms with Gasteiger partial charge in [0.1, 0.15) is 0 Å². The first-order valence-corrected chi connectivity index (χ1v) is 19.8. The van der Waals surface area contributed by atoms with Gasteiger partial charge in [-0.15, -0.1) is 0 Å². The Morgan fingerprint density at radius 2 is 0.895 bits per heavy atom. The second-order valence-corrected chi connectivity index (χ2v) is 15.8. The van der Waals surface area contributed by atoms with Crippen molar-refractivity contribution < 1.29 is 0 Å². The van der Waals surface area contributed by atoms with Crippen LogP contribution in [0.25, 0.3) is 45.5 Å². The lowest BCUT2D eigenvalue weighted by Gasteiger charge is -2.35. The van der Waals surface area contributed by atoms with Crippen molar-refractivity contribution in [3.63, 3.8) is 0 Å². The van der Waals surface area contributed by atoms with Gasteiger partial charge in [0, 0.05) is 22.5 Å². The van der Waals surface area contributed by atoms with Gasteiger partial charge in [0.25, 0.3) is 0 Å². The smallest absolute Gasteiger partial charge is 0.0714 e. The van der Waals surface area contributed by atoms with Gasteiger partial charge in [-0.1, -0.05) is 185 Å². The summed E-state index contributed by atoms with van der Waals surface area (Å²) in [7, 11) is 0. The van der Waals surface area contributed by atoms with E-state index in [2.05, 4.69) is 220 Å². The van der Waals surface area contributed by atoms with Gasteiger partial charge < -0.3 is 4.90 Å². The Labute approximate surface area is 336 Å². The molecule has 0 N–H and O–H groups in total. The fraction of sp³-hybridized carbons (Fsp3) is 0.0714. The maximum absolute atomic E-state index is 4.17. The highest BCUT2D eigenvalue weighted by molar-refractivity contribution is 5.92. The van der Waals surface area contributed by atoms with E-state index < -0.39 is 5.41 Å². The van der Waals surface area contributed by atoms with Crippen molar-refractivity contribution >= 4 is 29.2 Å². The highest BCUT2D eigenvalue weighted by Gasteiger charge is 2.46. The van der Waals surface area contributed by atoms with Crippen LogP contribution < -0.4 is 4.90 Å². The van der Waals surface area contributed by atoms with E-state index in [1.54, 1.807) is 0 Å². The monoisotopic (exact) mass is 729 g/mol. The van der Waals surface area contributed by atoms with E-state index in [9.17, 15) is 0 Å². The molecule has 1 unspecified atom stereocenters. The summed E-state index contributed by atoms with van der Waals surface area (Å²) < 4.78 is 0. The average molecular weight is 730 g/mol. The van der Waals surface area contributed by atoms with Crippen LogP contribution in [0.4, 0.5) is 17.1 Å². The molecule has 1 atom stereocenters. The van der Waals surface area contributed by atoms with Crippen LogP contribution in [0.15, 0.2) is 201 Å². The summed E-state index contributed by atoms with van der Waals surface area (Å²) in [4.78, 5) is 2.44. The third-order valence-corrected chi connectivity index (χ3v) is 12.4. The van der Waals surface area contributed by atoms with Crippen LogP contribution in [-0.4, -0.2) is 0 Å². The predicted molar refractivity (Wildman–Crippen MR) is 242 cm³/mol. The van der Waals surface area contributed by atoms with E-state index in [1.165, 1.54) is 66.8 Å². The molecule has 2 aliphatic rings. The molecule has 0 aromatic heterocycles. The Kier molecular flexibility index (Phi) is 8.09. The number of benzene rings is 8. The molecule has 0 heterocycles. The van der Waals surface area contributed by atoms with Crippen LogP contribution in [0.5, 0.6) is 0 Å². The van der Waals surface area contributed by atoms with Gasteiger partial charge in [-0.3, -0.25) is 0 Å². The van der Waals surface area contributed by atoms with E-state index in [-0.39, 0.29) is 5.41 Å². The summed E-state index contributed by atoms with van der Waals surface area (Å²) in [6, 6.07) is 69.4. The summed E-state index contributed by atoms with van der Waals surface area (Å²) in [6.07, 6.45) is 3.88. The summed E-state index contributed by atoms with van der Waals surface area (Å²) >= 11 is 0. The van der Waals surface area contributed by atoms with Gasteiger partial charge in [-0.05, 0) is 120 Å². The number of fused-ring (bicyclic) bond motifs is 6. The molecule has 2 aliphatic carbocycles. The third-order valence-electron chi connectivity index (χ3n) is 12.4. The molecule has 0 fully saturated rings. The van der Waals surface area contributed by atoms with E-state index in [0.29, 0.717) is 0 Å². The van der Waals surface area contributed by atoms with Crippen molar-refractivity contribution in [3.8, 4) is 33.4 Å². The van der Waals surface area contributed by atoms with Crippen LogP contribution >= 0.6 is 0 Å². The van der Waals surface area contributed by atoms with Gasteiger partial charge in [-0.2, -0.15) is 0 Å². The third kappa shape index (κ3) is 5.30. The molecule has 0 radical (unpaired) electrons. The Morgan fingerprint density at radius 1 is 0.386 bits per heavy atom. The predicted octanol–water partition coefficient (Wildman–Crippen LogP) is 14.8. The molecule has 0 bridgehead atoms. The highest BCUT2D eigenvalue weighted by atomic mass is 15.1. The number of anilines is 3. The topological polar surface area (TPSA) is 3.24 Å². The molecule has 1 heteroatoms. The number of hydrogen-bond donors (Lipinski definition) is 0. The normalized spacial score (nSPS) is 15.5. The number of hydrogen-bond acceptors (Lipinski definition) is 1. The quantitative estimate of drug-likeness (QED) is 0.151. The van der Waals surface area contributed by atoms with E-state index in [4.69, 9.17) is 0 Å². The molecule has 0 saturated carbocycles. The average Bonchev–Trinajstić information content (AvgIpc) is 3.69. The Morgan fingerprint density at radius 3 is 1.58 bits per heavy atom. The van der Waals surface area contributed by atoms with Crippen LogP contribution in [0, 0.1) is 0 Å². The zero-order chi connectivity index (χ0) is 38.7. The van der Waals surface area contributed by atoms with Crippen molar-refractivity contribution in [2.24, 2.45) is 0 Å². The molecule has 1 nitrogen and oxygen atoms in total. The lowest BCUT2D eigenvalue weighted by atomic mass is 9.67. The zero-order valence-corrected chi connectivity index (χ0v) is 32.4. The number of rotatable bonds is 8. The van der Waals surface area contributed by atoms with Crippen molar-refractivity contribution in [2.45, 2.75) is 24.7 Å². The molecule has 0 spiro atoms. The number of nitrogens with zero attached hydrogens (tertiary/aromatic N) is 1. The minimum Gasteiger partial charge on any atom is -0.310 e. The van der Waals surface area contributed by atoms with Crippen molar-refractivity contribution in [2.75, 3.05) is 4.90 Å². The standard InChI is InChI=1S/C56H43N/c1-5-38-33-39(6-2)35-43(34-38)56(42-19-11-8-12-20-42)52-24-16-14-22-48(52)50-36-45(30-32-53(50)56)57(44-27-25-41(26-28-44)40-17-9-7-10-18-40)46-29-31-49-47-21-13-15-23-51(47)55(3,4)54(49)37-46/h5-37H,1-2H2,3-4H3. The Balaban J connectivity index is 1.21. The fourth-order valence-corrected chi connectivity index (χ4v) is 9.73. The maximum atomic E-state index is 4.17. The van der Waals surface area contributed by atoms with Crippen molar-refractivity contribution in [1.82, 2.24) is 0 Å². The minimum absolute atomic E-state index is 0.124. The maximum Gasteiger partial charge on any atom is 0.0714 e. The van der Waals surface area contributed by atoms with Crippen molar-refractivity contribution in [1.29, 1.82) is 0 Å². The highest BCUT2D eigenvalue weighted by Crippen LogP contribution is 2.58. The molecule has 57 heavy (non-hydrogen) atoms. The summed E-state index contributed by atoms with van der Waals surface area (Å²) in [5.41, 5.74) is 20.1. The molecule has 0 saturated heterocycles. The molecule has 272 valence electrons. The van der Waals surface area contributed by atoms with Crippen LogP contribution in [0.3, 0.4) is 0 Å². The SMILES string of the molecule is C=Cc1cc(C=C)cc(C2(c3ccccc3)c3ccccc3-c3cc(N(c4ccc(-c5ccccc5)cc4)c4ccc5c(c4)C(C)(C)c4ccccc4-5)ccc32)c1. The lowest BCUT2D eigenvalue weighted by Crippen LogP contribution is -2.28. The Hall–Kier alpha value is -6.96. The molecule has 8 aromatic rings. The van der Waals surface area contributed by atoms with E-state index in [1.807, 2.05) is 12.2 Å². The van der Waals surface area contributed by atoms with Gasteiger partial charge in [0.05, 0.1) is 5.41 Å². The fourth-order valence-electron chi connectivity index (χ4n) is 9.73. The molecule has 0 amide bonds. The van der Waals surface area contributed by atoms with Crippen LogP contribution in [0.1, 0.15) is 58.4 Å². The first kappa shape index (κ1) is 34.5. The second-order valence-electron chi connectivity index (χ2n) is 15.8.